The number of rotatable bonds is 6. The summed E-state index contributed by atoms with van der Waals surface area (Å²) in [6.07, 6.45) is 4.32. The molecule has 5 nitrogen and oxygen atoms in total. The maximum absolute atomic E-state index is 11.1. The molecule has 1 N–H and O–H groups in total. The SMILES string of the molecule is C=CCC(=O)[NH][Ag][CH2]CN1C(=O)C=CC1=O. The van der Waals surface area contributed by atoms with Gasteiger partial charge in [-0.3, -0.25) is 0 Å². The van der Waals surface area contributed by atoms with Gasteiger partial charge >= 0.3 is 103 Å². The Morgan fingerprint density at radius 1 is 1.44 bits per heavy atom. The minimum atomic E-state index is -0.285. The van der Waals surface area contributed by atoms with Crippen LogP contribution in [0.3, 0.4) is 0 Å². The standard InChI is InChI=1S/C6H6NO2.C4H7NO.Ag/c1-2-7-5(8)3-4-6(7)9;1-2-3-4(5)6;/h3-4H,1-2H2;2H,1,3H2,(H2,5,6);/q;;+1/p-1. The number of amides is 3. The van der Waals surface area contributed by atoms with Crippen molar-refractivity contribution in [3.63, 3.8) is 0 Å². The zero-order chi connectivity index (χ0) is 12.0. The van der Waals surface area contributed by atoms with Crippen LogP contribution in [0.1, 0.15) is 6.42 Å². The molecule has 0 aromatic rings. The molecule has 0 aromatic heterocycles. The van der Waals surface area contributed by atoms with Crippen molar-refractivity contribution in [3.05, 3.63) is 24.8 Å². The van der Waals surface area contributed by atoms with Crippen LogP contribution in [-0.2, 0) is 34.4 Å². The molecule has 16 heavy (non-hydrogen) atoms. The van der Waals surface area contributed by atoms with Crippen molar-refractivity contribution in [1.82, 2.24) is 8.62 Å². The van der Waals surface area contributed by atoms with Crippen LogP contribution in [0.25, 0.3) is 0 Å². The van der Waals surface area contributed by atoms with Gasteiger partial charge in [0.15, 0.2) is 0 Å². The fourth-order valence-corrected chi connectivity index (χ4v) is 2.14. The van der Waals surface area contributed by atoms with E-state index < -0.39 is 0 Å². The first-order valence-electron chi connectivity index (χ1n) is 4.57. The fraction of sp³-hybridized carbons (Fsp3) is 0.300. The Morgan fingerprint density at radius 3 is 2.62 bits per heavy atom. The van der Waals surface area contributed by atoms with Crippen LogP contribution in [0.5, 0.6) is 0 Å². The second-order valence-electron chi connectivity index (χ2n) is 2.91. The van der Waals surface area contributed by atoms with Crippen LogP contribution >= 0.6 is 0 Å². The molecule has 0 atom stereocenters. The molecule has 1 heterocycles. The second-order valence-corrected chi connectivity index (χ2v) is 4.55. The third kappa shape index (κ3) is 3.77. The van der Waals surface area contributed by atoms with E-state index in [0.717, 1.165) is 4.90 Å². The van der Waals surface area contributed by atoms with E-state index in [1.165, 1.54) is 18.2 Å². The summed E-state index contributed by atoms with van der Waals surface area (Å²) in [6, 6.07) is 0. The quantitative estimate of drug-likeness (QED) is 0.325. The maximum atomic E-state index is 11.1. The van der Waals surface area contributed by atoms with Crippen molar-refractivity contribution in [3.8, 4) is 0 Å². The molecule has 0 spiro atoms. The molecule has 0 radical (unpaired) electrons. The number of nitrogens with one attached hydrogen (secondary N) is 1. The molecule has 0 fully saturated rings. The predicted molar refractivity (Wildman–Crippen MR) is 53.6 cm³/mol. The van der Waals surface area contributed by atoms with Gasteiger partial charge in [-0.15, -0.1) is 0 Å². The zero-order valence-electron chi connectivity index (χ0n) is 8.53. The Morgan fingerprint density at radius 2 is 2.06 bits per heavy atom. The summed E-state index contributed by atoms with van der Waals surface area (Å²) in [6.45, 7) is 3.79. The number of hydrogen-bond acceptors (Lipinski definition) is 3. The van der Waals surface area contributed by atoms with Gasteiger partial charge in [-0.2, -0.15) is 0 Å². The van der Waals surface area contributed by atoms with Crippen molar-refractivity contribution in [2.24, 2.45) is 0 Å². The van der Waals surface area contributed by atoms with Crippen molar-refractivity contribution in [1.29, 1.82) is 0 Å². The van der Waals surface area contributed by atoms with E-state index in [1.54, 1.807) is 0 Å². The van der Waals surface area contributed by atoms with Crippen LogP contribution in [0.4, 0.5) is 0 Å². The van der Waals surface area contributed by atoms with Crippen LogP contribution in [0, 0.1) is 0 Å². The summed E-state index contributed by atoms with van der Waals surface area (Å²) >= 11 is 0.188. The van der Waals surface area contributed by atoms with Gasteiger partial charge in [-0.05, 0) is 0 Å². The van der Waals surface area contributed by atoms with E-state index in [0.29, 0.717) is 11.2 Å². The molecule has 0 saturated heterocycles. The molecular formula is C10H12AgN2O3. The molecule has 91 valence electrons. The van der Waals surface area contributed by atoms with Crippen LogP contribution < -0.4 is 3.72 Å². The summed E-state index contributed by atoms with van der Waals surface area (Å²) in [7, 11) is 0. The number of nitrogens with zero attached hydrogens (tertiary/aromatic N) is 1. The molecule has 1 aliphatic heterocycles. The van der Waals surface area contributed by atoms with Crippen molar-refractivity contribution in [2.75, 3.05) is 6.54 Å². The van der Waals surface area contributed by atoms with E-state index >= 15 is 0 Å². The summed E-state index contributed by atoms with van der Waals surface area (Å²) in [5, 5.41) is 0. The summed E-state index contributed by atoms with van der Waals surface area (Å²) in [5.41, 5.74) is 0. The molecule has 1 aliphatic rings. The van der Waals surface area contributed by atoms with Crippen molar-refractivity contribution < 1.29 is 34.4 Å². The second kappa shape index (κ2) is 6.42. The average Bonchev–Trinajstić information content (AvgIpc) is 2.55. The van der Waals surface area contributed by atoms with Crippen LogP contribution in [0.15, 0.2) is 24.8 Å². The molecule has 0 bridgehead atoms. The molecule has 0 saturated carbocycles. The van der Waals surface area contributed by atoms with Gasteiger partial charge in [0.05, 0.1) is 0 Å². The fourth-order valence-electron chi connectivity index (χ4n) is 1.01. The van der Waals surface area contributed by atoms with Gasteiger partial charge in [-0.25, -0.2) is 0 Å². The Hall–Kier alpha value is -1.17. The molecule has 6 heteroatoms. The predicted octanol–water partition coefficient (Wildman–Crippen LogP) is 0.0195. The van der Waals surface area contributed by atoms with Gasteiger partial charge in [0.1, 0.15) is 0 Å². The summed E-state index contributed by atoms with van der Waals surface area (Å²) in [5.74, 6) is -0.660. The van der Waals surface area contributed by atoms with E-state index in [-0.39, 0.29) is 44.2 Å². The van der Waals surface area contributed by atoms with Crippen molar-refractivity contribution in [2.45, 2.75) is 11.1 Å². The zero-order valence-corrected chi connectivity index (χ0v) is 10.0. The van der Waals surface area contributed by atoms with E-state index in [2.05, 4.69) is 10.3 Å². The van der Waals surface area contributed by atoms with E-state index in [9.17, 15) is 14.4 Å². The van der Waals surface area contributed by atoms with Gasteiger partial charge in [-0.1, -0.05) is 0 Å². The van der Waals surface area contributed by atoms with Gasteiger partial charge in [0, 0.05) is 0 Å². The molecule has 0 aliphatic carbocycles. The Bertz CT molecular complexity index is 334. The summed E-state index contributed by atoms with van der Waals surface area (Å²) < 4.78 is 3.27. The van der Waals surface area contributed by atoms with Crippen LogP contribution in [-0.4, -0.2) is 29.2 Å². The first-order chi connectivity index (χ1) is 7.65. The number of imide groups is 1. The van der Waals surface area contributed by atoms with E-state index in [4.69, 9.17) is 0 Å². The Balaban J connectivity index is 2.16. The minimum absolute atomic E-state index is 0.0911. The third-order valence-electron chi connectivity index (χ3n) is 1.73. The number of hydrogen-bond donors (Lipinski definition) is 1. The third-order valence-corrected chi connectivity index (χ3v) is 3.11. The average molecular weight is 316 g/mol. The molecule has 0 unspecified atom stereocenters. The first kappa shape index (κ1) is 12.9. The van der Waals surface area contributed by atoms with Crippen LogP contribution in [0.2, 0.25) is 4.64 Å². The molecule has 1 rings (SSSR count). The Kier molecular flexibility index (Phi) is 5.18. The molecule has 0 aromatic carbocycles. The van der Waals surface area contributed by atoms with E-state index in [1.807, 2.05) is 0 Å². The monoisotopic (exact) mass is 315 g/mol. The van der Waals surface area contributed by atoms with Gasteiger partial charge in [0.25, 0.3) is 0 Å². The first-order valence-corrected chi connectivity index (χ1v) is 6.36. The van der Waals surface area contributed by atoms with Gasteiger partial charge < -0.3 is 0 Å². The Labute approximate surface area is 103 Å². The van der Waals surface area contributed by atoms with Gasteiger partial charge in [0.2, 0.25) is 0 Å². The molecule has 3 amide bonds. The summed E-state index contributed by atoms with van der Waals surface area (Å²) in [4.78, 5) is 34.5. The molecular weight excluding hydrogens is 304 g/mol. The van der Waals surface area contributed by atoms with Crippen molar-refractivity contribution >= 4 is 17.7 Å². The number of carbonyl (C=O) groups is 3. The topological polar surface area (TPSA) is 66.5 Å². The normalized spacial score (nSPS) is 14.6. The number of carbonyl (C=O) groups excluding carboxylic acids is 3.